The summed E-state index contributed by atoms with van der Waals surface area (Å²) in [5.41, 5.74) is 1.23. The SMILES string of the molecule is O=C(C1CC1)N1CCC(N(C(=O)NCCc2ccccc2)C2CCOCC2)CC1. The number of ether oxygens (including phenoxy) is 1. The lowest BCUT2D eigenvalue weighted by Crippen LogP contribution is -2.56. The minimum absolute atomic E-state index is 0.0415. The molecule has 1 aromatic rings. The lowest BCUT2D eigenvalue weighted by molar-refractivity contribution is -0.134. The van der Waals surface area contributed by atoms with Gasteiger partial charge < -0.3 is 19.9 Å². The molecule has 0 radical (unpaired) electrons. The molecule has 0 spiro atoms. The minimum Gasteiger partial charge on any atom is -0.381 e. The zero-order chi connectivity index (χ0) is 20.1. The molecule has 2 heterocycles. The fourth-order valence-corrected chi connectivity index (χ4v) is 4.60. The molecule has 2 aliphatic heterocycles. The number of urea groups is 1. The van der Waals surface area contributed by atoms with Crippen molar-refractivity contribution in [3.63, 3.8) is 0 Å². The monoisotopic (exact) mass is 399 g/mol. The second-order valence-corrected chi connectivity index (χ2v) is 8.55. The van der Waals surface area contributed by atoms with Crippen molar-refractivity contribution in [1.29, 1.82) is 0 Å². The van der Waals surface area contributed by atoms with Crippen LogP contribution in [0.3, 0.4) is 0 Å². The molecule has 0 bridgehead atoms. The average molecular weight is 400 g/mol. The molecule has 29 heavy (non-hydrogen) atoms. The van der Waals surface area contributed by atoms with Gasteiger partial charge in [-0.05, 0) is 50.5 Å². The molecule has 3 fully saturated rings. The third-order valence-corrected chi connectivity index (χ3v) is 6.45. The predicted molar refractivity (Wildman–Crippen MR) is 112 cm³/mol. The van der Waals surface area contributed by atoms with Crippen LogP contribution in [0.5, 0.6) is 0 Å². The summed E-state index contributed by atoms with van der Waals surface area (Å²) in [6, 6.07) is 10.7. The largest absolute Gasteiger partial charge is 0.381 e. The standard InChI is InChI=1S/C23H33N3O3/c27-22(19-6-7-19)25-14-9-20(10-15-25)26(21-11-16-29-17-12-21)23(28)24-13-8-18-4-2-1-3-5-18/h1-5,19-21H,6-17H2,(H,24,28). The molecule has 2 saturated heterocycles. The summed E-state index contributed by atoms with van der Waals surface area (Å²) in [7, 11) is 0. The lowest BCUT2D eigenvalue weighted by Gasteiger charge is -2.43. The quantitative estimate of drug-likeness (QED) is 0.800. The first kappa shape index (κ1) is 20.2. The molecule has 1 aromatic carbocycles. The molecule has 6 nitrogen and oxygen atoms in total. The van der Waals surface area contributed by atoms with Gasteiger partial charge in [0.2, 0.25) is 5.91 Å². The molecule has 0 unspecified atom stereocenters. The Bertz CT molecular complexity index is 678. The van der Waals surface area contributed by atoms with E-state index in [1.165, 1.54) is 5.56 Å². The van der Waals surface area contributed by atoms with Gasteiger partial charge in [0.05, 0.1) is 0 Å². The van der Waals surface area contributed by atoms with Gasteiger partial charge in [-0.3, -0.25) is 4.79 Å². The van der Waals surface area contributed by atoms with E-state index in [0.717, 1.165) is 71.2 Å². The summed E-state index contributed by atoms with van der Waals surface area (Å²) in [5, 5.41) is 3.15. The van der Waals surface area contributed by atoms with Crippen molar-refractivity contribution in [1.82, 2.24) is 15.1 Å². The van der Waals surface area contributed by atoms with Gasteiger partial charge in [0.15, 0.2) is 0 Å². The van der Waals surface area contributed by atoms with E-state index >= 15 is 0 Å². The smallest absolute Gasteiger partial charge is 0.317 e. The number of benzene rings is 1. The highest BCUT2D eigenvalue weighted by molar-refractivity contribution is 5.81. The van der Waals surface area contributed by atoms with E-state index in [-0.39, 0.29) is 24.0 Å². The lowest BCUT2D eigenvalue weighted by atomic mass is 9.98. The Balaban J connectivity index is 1.34. The fourth-order valence-electron chi connectivity index (χ4n) is 4.60. The Morgan fingerprint density at radius 3 is 2.28 bits per heavy atom. The maximum atomic E-state index is 13.2. The van der Waals surface area contributed by atoms with Crippen LogP contribution in [0.25, 0.3) is 0 Å². The first-order chi connectivity index (χ1) is 14.2. The first-order valence-corrected chi connectivity index (χ1v) is 11.2. The number of hydrogen-bond acceptors (Lipinski definition) is 3. The number of nitrogens with zero attached hydrogens (tertiary/aromatic N) is 2. The van der Waals surface area contributed by atoms with Crippen LogP contribution in [0, 0.1) is 5.92 Å². The molecular formula is C23H33N3O3. The summed E-state index contributed by atoms with van der Waals surface area (Å²) >= 11 is 0. The van der Waals surface area contributed by atoms with Crippen molar-refractivity contribution in [2.45, 2.75) is 57.0 Å². The van der Waals surface area contributed by atoms with Crippen LogP contribution >= 0.6 is 0 Å². The number of carbonyl (C=O) groups excluding carboxylic acids is 2. The van der Waals surface area contributed by atoms with E-state index in [2.05, 4.69) is 22.3 Å². The average Bonchev–Trinajstić information content (AvgIpc) is 3.61. The first-order valence-electron chi connectivity index (χ1n) is 11.2. The Hall–Kier alpha value is -2.08. The van der Waals surface area contributed by atoms with Gasteiger partial charge in [0.1, 0.15) is 0 Å². The van der Waals surface area contributed by atoms with E-state index in [0.29, 0.717) is 12.5 Å². The second kappa shape index (κ2) is 9.61. The Labute approximate surface area is 173 Å². The molecule has 4 rings (SSSR count). The number of rotatable bonds is 6. The van der Waals surface area contributed by atoms with Gasteiger partial charge in [-0.2, -0.15) is 0 Å². The van der Waals surface area contributed by atoms with Gasteiger partial charge in [-0.15, -0.1) is 0 Å². The van der Waals surface area contributed by atoms with E-state index in [1.54, 1.807) is 0 Å². The molecule has 1 N–H and O–H groups in total. The summed E-state index contributed by atoms with van der Waals surface area (Å²) in [4.78, 5) is 29.6. The molecule has 3 aliphatic rings. The number of likely N-dealkylation sites (tertiary alicyclic amines) is 1. The molecule has 1 saturated carbocycles. The van der Waals surface area contributed by atoms with Crippen LogP contribution in [0.4, 0.5) is 4.79 Å². The normalized spacial score (nSPS) is 21.0. The zero-order valence-corrected chi connectivity index (χ0v) is 17.2. The molecule has 3 amide bonds. The number of piperidine rings is 1. The maximum Gasteiger partial charge on any atom is 0.317 e. The number of hydrogen-bond donors (Lipinski definition) is 1. The molecular weight excluding hydrogens is 366 g/mol. The van der Waals surface area contributed by atoms with Crippen LogP contribution in [0.2, 0.25) is 0 Å². The van der Waals surface area contributed by atoms with Crippen molar-refractivity contribution in [3.05, 3.63) is 35.9 Å². The summed E-state index contributed by atoms with van der Waals surface area (Å²) < 4.78 is 5.53. The number of carbonyl (C=O) groups is 2. The van der Waals surface area contributed by atoms with Gasteiger partial charge in [-0.1, -0.05) is 30.3 Å². The molecule has 158 valence electrons. The van der Waals surface area contributed by atoms with Gasteiger partial charge in [0, 0.05) is 50.8 Å². The van der Waals surface area contributed by atoms with Gasteiger partial charge >= 0.3 is 6.03 Å². The number of nitrogens with one attached hydrogen (secondary N) is 1. The van der Waals surface area contributed by atoms with E-state index in [4.69, 9.17) is 4.74 Å². The van der Waals surface area contributed by atoms with E-state index in [9.17, 15) is 9.59 Å². The predicted octanol–water partition coefficient (Wildman–Crippen LogP) is 2.82. The Kier molecular flexibility index (Phi) is 6.70. The second-order valence-electron chi connectivity index (χ2n) is 8.55. The Morgan fingerprint density at radius 1 is 0.966 bits per heavy atom. The summed E-state index contributed by atoms with van der Waals surface area (Å²) in [6.07, 6.45) is 6.49. The van der Waals surface area contributed by atoms with Crippen molar-refractivity contribution >= 4 is 11.9 Å². The summed E-state index contributed by atoms with van der Waals surface area (Å²) in [6.45, 7) is 3.63. The highest BCUT2D eigenvalue weighted by atomic mass is 16.5. The van der Waals surface area contributed by atoms with Gasteiger partial charge in [-0.25, -0.2) is 4.79 Å². The highest BCUT2D eigenvalue weighted by Gasteiger charge is 2.38. The molecule has 0 aromatic heterocycles. The van der Waals surface area contributed by atoms with Crippen LogP contribution in [0.1, 0.15) is 44.1 Å². The summed E-state index contributed by atoms with van der Waals surface area (Å²) in [5.74, 6) is 0.604. The van der Waals surface area contributed by atoms with Crippen molar-refractivity contribution < 1.29 is 14.3 Å². The van der Waals surface area contributed by atoms with Crippen LogP contribution in [0.15, 0.2) is 30.3 Å². The van der Waals surface area contributed by atoms with Crippen molar-refractivity contribution in [3.8, 4) is 0 Å². The molecule has 1 aliphatic carbocycles. The Morgan fingerprint density at radius 2 is 1.62 bits per heavy atom. The fraction of sp³-hybridized carbons (Fsp3) is 0.652. The molecule has 6 heteroatoms. The van der Waals surface area contributed by atoms with Crippen molar-refractivity contribution in [2.75, 3.05) is 32.8 Å². The van der Waals surface area contributed by atoms with Crippen LogP contribution in [-0.4, -0.2) is 66.7 Å². The van der Waals surface area contributed by atoms with Crippen molar-refractivity contribution in [2.24, 2.45) is 5.92 Å². The maximum absolute atomic E-state index is 13.2. The zero-order valence-electron chi connectivity index (χ0n) is 17.2. The van der Waals surface area contributed by atoms with Crippen LogP contribution < -0.4 is 5.32 Å². The molecule has 0 atom stereocenters. The third kappa shape index (κ3) is 5.30. The van der Waals surface area contributed by atoms with Crippen LogP contribution in [-0.2, 0) is 16.0 Å². The van der Waals surface area contributed by atoms with E-state index < -0.39 is 0 Å². The highest BCUT2D eigenvalue weighted by Crippen LogP contribution is 2.32. The number of amides is 3. The van der Waals surface area contributed by atoms with Gasteiger partial charge in [0.25, 0.3) is 0 Å². The minimum atomic E-state index is 0.0415. The van der Waals surface area contributed by atoms with E-state index in [1.807, 2.05) is 23.1 Å². The third-order valence-electron chi connectivity index (χ3n) is 6.45. The topological polar surface area (TPSA) is 61.9 Å².